The number of hydrogen-bond acceptors (Lipinski definition) is 9. The molecule has 1 aromatic heterocycles. The Morgan fingerprint density at radius 3 is 2.55 bits per heavy atom. The van der Waals surface area contributed by atoms with Crippen LogP contribution in [0.5, 0.6) is 11.5 Å². The molecule has 3 aromatic rings. The smallest absolute Gasteiger partial charge is 0.267 e. The van der Waals surface area contributed by atoms with E-state index in [1.54, 1.807) is 37.1 Å². The van der Waals surface area contributed by atoms with Crippen molar-refractivity contribution in [1.82, 2.24) is 15.0 Å². The van der Waals surface area contributed by atoms with E-state index in [1.807, 2.05) is 45.2 Å². The molecule has 0 fully saturated rings. The van der Waals surface area contributed by atoms with Crippen LogP contribution >= 0.6 is 0 Å². The first-order valence-electron chi connectivity index (χ1n) is 13.9. The van der Waals surface area contributed by atoms with Gasteiger partial charge in [0.1, 0.15) is 23.3 Å². The molecule has 0 saturated carbocycles. The molecule has 1 aliphatic heterocycles. The summed E-state index contributed by atoms with van der Waals surface area (Å²) in [5, 5.41) is 13.7. The predicted octanol–water partition coefficient (Wildman–Crippen LogP) is 3.38. The van der Waals surface area contributed by atoms with E-state index in [0.717, 1.165) is 11.3 Å². The van der Waals surface area contributed by atoms with Crippen LogP contribution in [-0.2, 0) is 27.8 Å². The van der Waals surface area contributed by atoms with Crippen molar-refractivity contribution in [2.24, 2.45) is 5.92 Å². The number of ether oxygens (including phenoxy) is 2. The van der Waals surface area contributed by atoms with Crippen molar-refractivity contribution < 1.29 is 32.3 Å². The normalized spacial score (nSPS) is 18.5. The van der Waals surface area contributed by atoms with Crippen molar-refractivity contribution in [2.45, 2.75) is 57.7 Å². The van der Waals surface area contributed by atoms with Crippen molar-refractivity contribution in [3.8, 4) is 11.5 Å². The van der Waals surface area contributed by atoms with Gasteiger partial charge in [0.25, 0.3) is 10.0 Å². The first-order chi connectivity index (χ1) is 19.9. The first-order valence-corrected chi connectivity index (χ1v) is 15.4. The van der Waals surface area contributed by atoms with Crippen LogP contribution < -0.4 is 14.2 Å². The number of methoxy groups -OCH3 is 1. The van der Waals surface area contributed by atoms with Crippen molar-refractivity contribution in [2.75, 3.05) is 38.6 Å². The number of nitrogens with zero attached hydrogens (tertiary/aromatic N) is 3. The van der Waals surface area contributed by atoms with E-state index in [4.69, 9.17) is 14.0 Å². The van der Waals surface area contributed by atoms with Crippen molar-refractivity contribution in [3.63, 3.8) is 0 Å². The van der Waals surface area contributed by atoms with Crippen LogP contribution in [0.15, 0.2) is 51.9 Å². The number of carbonyl (C=O) groups excluding carboxylic acids is 1. The van der Waals surface area contributed by atoms with E-state index < -0.39 is 10.0 Å². The van der Waals surface area contributed by atoms with Crippen molar-refractivity contribution in [1.29, 1.82) is 0 Å². The molecule has 0 bridgehead atoms. The third-order valence-corrected chi connectivity index (χ3v) is 9.13. The van der Waals surface area contributed by atoms with Gasteiger partial charge in [-0.05, 0) is 63.7 Å². The lowest BCUT2D eigenvalue weighted by molar-refractivity contribution is -0.134. The molecule has 0 unspecified atom stereocenters. The molecule has 0 aliphatic carbocycles. The number of hydrogen-bond donors (Lipinski definition) is 2. The molecule has 0 radical (unpaired) electrons. The second-order valence-corrected chi connectivity index (χ2v) is 12.6. The zero-order valence-electron chi connectivity index (χ0n) is 25.0. The van der Waals surface area contributed by atoms with Crippen LogP contribution in [0.25, 0.3) is 0 Å². The number of amides is 1. The largest absolute Gasteiger partial charge is 0.497 e. The van der Waals surface area contributed by atoms with Crippen molar-refractivity contribution in [3.05, 3.63) is 65.0 Å². The molecule has 11 nitrogen and oxygen atoms in total. The number of aromatic nitrogens is 1. The minimum atomic E-state index is -3.98. The molecule has 12 heteroatoms. The van der Waals surface area contributed by atoms with E-state index in [0.29, 0.717) is 30.9 Å². The average molecular weight is 601 g/mol. The van der Waals surface area contributed by atoms with Gasteiger partial charge in [0.05, 0.1) is 26.2 Å². The number of fused-ring (bicyclic) bond motifs is 1. The summed E-state index contributed by atoms with van der Waals surface area (Å²) in [5.41, 5.74) is 2.21. The van der Waals surface area contributed by atoms with E-state index in [9.17, 15) is 18.3 Å². The van der Waals surface area contributed by atoms with Crippen LogP contribution in [0.4, 0.5) is 5.69 Å². The fourth-order valence-electron chi connectivity index (χ4n) is 5.19. The van der Waals surface area contributed by atoms with Crippen molar-refractivity contribution >= 4 is 21.6 Å². The molecule has 1 aliphatic rings. The molecule has 0 saturated heterocycles. The van der Waals surface area contributed by atoms with Gasteiger partial charge >= 0.3 is 0 Å². The summed E-state index contributed by atoms with van der Waals surface area (Å²) >= 11 is 0. The number of sulfonamides is 1. The van der Waals surface area contributed by atoms with E-state index in [-0.39, 0.29) is 59.0 Å². The van der Waals surface area contributed by atoms with Gasteiger partial charge in [0.15, 0.2) is 10.7 Å². The van der Waals surface area contributed by atoms with Crippen LogP contribution in [0.3, 0.4) is 0 Å². The second kappa shape index (κ2) is 13.1. The highest BCUT2D eigenvalue weighted by atomic mass is 32.2. The number of rotatable bonds is 10. The average Bonchev–Trinajstić information content (AvgIpc) is 3.31. The number of aryl methyl sites for hydroxylation is 2. The van der Waals surface area contributed by atoms with E-state index >= 15 is 0 Å². The number of aliphatic hydroxyl groups is 1. The number of carbonyl (C=O) groups is 1. The van der Waals surface area contributed by atoms with Gasteiger partial charge in [-0.15, -0.1) is 0 Å². The molecule has 2 aromatic carbocycles. The Kier molecular flexibility index (Phi) is 9.80. The van der Waals surface area contributed by atoms with Gasteiger partial charge in [-0.2, -0.15) is 0 Å². The Balaban J connectivity index is 1.62. The fourth-order valence-corrected chi connectivity index (χ4v) is 6.57. The lowest BCUT2D eigenvalue weighted by Crippen LogP contribution is -2.47. The molecule has 1 amide bonds. The highest BCUT2D eigenvalue weighted by Gasteiger charge is 2.32. The highest BCUT2D eigenvalue weighted by Crippen LogP contribution is 2.31. The Bertz CT molecular complexity index is 1470. The summed E-state index contributed by atoms with van der Waals surface area (Å²) in [6.07, 6.45) is -0.307. The number of aliphatic hydroxyl groups excluding tert-OH is 1. The van der Waals surface area contributed by atoms with Gasteiger partial charge in [-0.25, -0.2) is 8.42 Å². The Morgan fingerprint density at radius 2 is 1.93 bits per heavy atom. The molecule has 42 heavy (non-hydrogen) atoms. The van der Waals surface area contributed by atoms with Gasteiger partial charge in [0, 0.05) is 36.8 Å². The number of likely N-dealkylation sites (N-methyl/N-ethyl adjacent to an activating group) is 1. The SMILES string of the molecule is COc1ccc(CN(C)C[C@@H]2Oc3ccc(NS(=O)(=O)c4c(C)noc4C)cc3CC(=O)N([C@@H](C)CO)C[C@H]2C)cc1. The molecular weight excluding hydrogens is 560 g/mol. The third kappa shape index (κ3) is 7.23. The maximum absolute atomic E-state index is 13.5. The Hall–Kier alpha value is -3.61. The Morgan fingerprint density at radius 1 is 1.21 bits per heavy atom. The van der Waals surface area contributed by atoms with E-state index in [1.165, 1.54) is 6.92 Å². The molecule has 3 atom stereocenters. The van der Waals surface area contributed by atoms with Crippen LogP contribution in [0, 0.1) is 19.8 Å². The van der Waals surface area contributed by atoms with Crippen LogP contribution in [-0.4, -0.2) is 80.4 Å². The summed E-state index contributed by atoms with van der Waals surface area (Å²) in [5.74, 6) is 1.25. The van der Waals surface area contributed by atoms with Gasteiger partial charge in [-0.3, -0.25) is 14.4 Å². The summed E-state index contributed by atoms with van der Waals surface area (Å²) in [7, 11) is -0.333. The summed E-state index contributed by atoms with van der Waals surface area (Å²) in [6, 6.07) is 12.4. The van der Waals surface area contributed by atoms with E-state index in [2.05, 4.69) is 14.8 Å². The lowest BCUT2D eigenvalue weighted by Gasteiger charge is -2.34. The minimum Gasteiger partial charge on any atom is -0.497 e. The topological polar surface area (TPSA) is 134 Å². The van der Waals surface area contributed by atoms with Gasteiger partial charge in [-0.1, -0.05) is 24.2 Å². The quantitative estimate of drug-likeness (QED) is 0.359. The third-order valence-electron chi connectivity index (χ3n) is 7.51. The highest BCUT2D eigenvalue weighted by molar-refractivity contribution is 7.92. The molecular formula is C30H40N4O7S. The monoisotopic (exact) mass is 600 g/mol. The Labute approximate surface area is 247 Å². The number of benzene rings is 2. The summed E-state index contributed by atoms with van der Waals surface area (Å²) < 4.78 is 45.7. The fraction of sp³-hybridized carbons (Fsp3) is 0.467. The number of anilines is 1. The molecule has 2 N–H and O–H groups in total. The minimum absolute atomic E-state index is 0.0122. The zero-order chi connectivity index (χ0) is 30.6. The molecule has 0 spiro atoms. The standard InChI is InChI=1S/C30H40N4O7S/c1-19-15-34(20(2)18-35)29(36)14-24-13-25(32-42(37,38)30-21(3)31-41-22(30)4)9-12-27(24)40-28(19)17-33(5)16-23-7-10-26(39-6)11-8-23/h7-13,19-20,28,32,35H,14-18H2,1-6H3/t19-,20+,28+/m1/s1. The second-order valence-electron chi connectivity index (χ2n) is 11.0. The van der Waals surface area contributed by atoms with Crippen LogP contribution in [0.2, 0.25) is 0 Å². The predicted molar refractivity (Wildman–Crippen MR) is 158 cm³/mol. The molecule has 4 rings (SSSR count). The van der Waals surface area contributed by atoms with Gasteiger partial charge in [0.2, 0.25) is 5.91 Å². The zero-order valence-corrected chi connectivity index (χ0v) is 25.8. The lowest BCUT2D eigenvalue weighted by atomic mass is 10.0. The molecule has 228 valence electrons. The maximum atomic E-state index is 13.5. The summed E-state index contributed by atoms with van der Waals surface area (Å²) in [4.78, 5) is 17.3. The maximum Gasteiger partial charge on any atom is 0.267 e. The first kappa shape index (κ1) is 31.3. The number of nitrogens with one attached hydrogen (secondary N) is 1. The summed E-state index contributed by atoms with van der Waals surface area (Å²) in [6.45, 7) is 8.42. The molecule has 2 heterocycles. The van der Waals surface area contributed by atoms with Crippen LogP contribution in [0.1, 0.15) is 36.4 Å². The van der Waals surface area contributed by atoms with Gasteiger partial charge < -0.3 is 24.0 Å².